The van der Waals surface area contributed by atoms with Gasteiger partial charge in [-0.2, -0.15) is 0 Å². The summed E-state index contributed by atoms with van der Waals surface area (Å²) >= 11 is 3.43. The van der Waals surface area contributed by atoms with Crippen molar-refractivity contribution in [3.05, 3.63) is 94.0 Å². The molecular formula is C22H19BrN2O2. The molecule has 2 N–H and O–H groups in total. The standard InChI is InChI=1S/C22H19BrN2O2/c1-14(15-10-12-16(23)13-11-15)24-22(26)25-21-17-6-2-4-8-19(17)27-20-9-5-3-7-18(20)21/h2-14,21H,1H3,(H2,24,25,26). The molecule has 1 aliphatic rings. The number of fused-ring (bicyclic) bond motifs is 2. The molecule has 0 spiro atoms. The van der Waals surface area contributed by atoms with Crippen molar-refractivity contribution >= 4 is 22.0 Å². The number of carbonyl (C=O) groups is 1. The van der Waals surface area contributed by atoms with E-state index >= 15 is 0 Å². The Balaban J connectivity index is 1.55. The van der Waals surface area contributed by atoms with E-state index in [1.165, 1.54) is 0 Å². The van der Waals surface area contributed by atoms with Gasteiger partial charge in [0.2, 0.25) is 0 Å². The van der Waals surface area contributed by atoms with Gasteiger partial charge in [-0.05, 0) is 36.8 Å². The number of urea groups is 1. The summed E-state index contributed by atoms with van der Waals surface area (Å²) in [7, 11) is 0. The minimum atomic E-state index is -0.261. The van der Waals surface area contributed by atoms with E-state index in [4.69, 9.17) is 4.74 Å². The van der Waals surface area contributed by atoms with Crippen LogP contribution in [0, 0.1) is 0 Å². The van der Waals surface area contributed by atoms with Gasteiger partial charge in [0.15, 0.2) is 0 Å². The molecule has 0 radical (unpaired) electrons. The third-order valence-corrected chi connectivity index (χ3v) is 5.20. The molecule has 0 bridgehead atoms. The SMILES string of the molecule is CC(NC(=O)NC1c2ccccc2Oc2ccccc21)c1ccc(Br)cc1. The predicted octanol–water partition coefficient (Wildman–Crippen LogP) is 5.70. The van der Waals surface area contributed by atoms with Crippen LogP contribution in [0.25, 0.3) is 0 Å². The van der Waals surface area contributed by atoms with Gasteiger partial charge in [-0.15, -0.1) is 0 Å². The first kappa shape index (κ1) is 17.6. The fraction of sp³-hybridized carbons (Fsp3) is 0.136. The van der Waals surface area contributed by atoms with Crippen LogP contribution in [0.1, 0.15) is 35.7 Å². The monoisotopic (exact) mass is 422 g/mol. The molecule has 0 aliphatic carbocycles. The molecule has 1 aliphatic heterocycles. The van der Waals surface area contributed by atoms with Crippen LogP contribution in [0.15, 0.2) is 77.3 Å². The summed E-state index contributed by atoms with van der Waals surface area (Å²) in [6, 6.07) is 22.9. The summed E-state index contributed by atoms with van der Waals surface area (Å²) in [6.45, 7) is 1.97. The van der Waals surface area contributed by atoms with Crippen LogP contribution in [0.2, 0.25) is 0 Å². The Labute approximate surface area is 166 Å². The Bertz CT molecular complexity index is 927. The van der Waals surface area contributed by atoms with Crippen molar-refractivity contribution in [1.82, 2.24) is 10.6 Å². The molecule has 3 aromatic rings. The molecule has 1 unspecified atom stereocenters. The van der Waals surface area contributed by atoms with Crippen LogP contribution in [0.4, 0.5) is 4.79 Å². The van der Waals surface area contributed by atoms with Gasteiger partial charge < -0.3 is 15.4 Å². The normalized spacial score (nSPS) is 13.7. The highest BCUT2D eigenvalue weighted by atomic mass is 79.9. The first-order valence-electron chi connectivity index (χ1n) is 8.80. The van der Waals surface area contributed by atoms with Crippen molar-refractivity contribution < 1.29 is 9.53 Å². The van der Waals surface area contributed by atoms with E-state index in [-0.39, 0.29) is 18.1 Å². The molecule has 0 aromatic heterocycles. The number of halogens is 1. The topological polar surface area (TPSA) is 50.4 Å². The molecule has 0 fully saturated rings. The van der Waals surface area contributed by atoms with Crippen molar-refractivity contribution in [3.63, 3.8) is 0 Å². The zero-order valence-corrected chi connectivity index (χ0v) is 16.4. The van der Waals surface area contributed by atoms with Gasteiger partial charge in [-0.25, -0.2) is 4.79 Å². The maximum Gasteiger partial charge on any atom is 0.316 e. The van der Waals surface area contributed by atoms with E-state index in [0.717, 1.165) is 32.7 Å². The van der Waals surface area contributed by atoms with Crippen molar-refractivity contribution in [2.45, 2.75) is 19.0 Å². The Morgan fingerprint density at radius 2 is 1.48 bits per heavy atom. The zero-order valence-electron chi connectivity index (χ0n) is 14.8. The Morgan fingerprint density at radius 3 is 2.07 bits per heavy atom. The van der Waals surface area contributed by atoms with E-state index in [9.17, 15) is 4.79 Å². The van der Waals surface area contributed by atoms with E-state index in [1.54, 1.807) is 0 Å². The molecular weight excluding hydrogens is 404 g/mol. The minimum absolute atomic E-state index is 0.108. The lowest BCUT2D eigenvalue weighted by atomic mass is 9.95. The second-order valence-electron chi connectivity index (χ2n) is 6.50. The average molecular weight is 423 g/mol. The van der Waals surface area contributed by atoms with E-state index in [2.05, 4.69) is 26.6 Å². The Hall–Kier alpha value is -2.79. The number of benzene rings is 3. The number of hydrogen-bond acceptors (Lipinski definition) is 2. The summed E-state index contributed by atoms with van der Waals surface area (Å²) in [6.07, 6.45) is 0. The average Bonchev–Trinajstić information content (AvgIpc) is 2.68. The van der Waals surface area contributed by atoms with Gasteiger partial charge in [0.25, 0.3) is 0 Å². The van der Waals surface area contributed by atoms with Crippen molar-refractivity contribution in [2.24, 2.45) is 0 Å². The number of rotatable bonds is 3. The second-order valence-corrected chi connectivity index (χ2v) is 7.42. The largest absolute Gasteiger partial charge is 0.457 e. The number of amides is 2. The maximum atomic E-state index is 12.7. The van der Waals surface area contributed by atoms with Gasteiger partial charge >= 0.3 is 6.03 Å². The van der Waals surface area contributed by atoms with Gasteiger partial charge in [0.1, 0.15) is 11.5 Å². The number of para-hydroxylation sites is 2. The second kappa shape index (κ2) is 7.45. The summed E-state index contributed by atoms with van der Waals surface area (Å²) < 4.78 is 6.99. The van der Waals surface area contributed by atoms with E-state index in [1.807, 2.05) is 79.7 Å². The summed E-state index contributed by atoms with van der Waals surface area (Å²) in [5, 5.41) is 6.12. The lowest BCUT2D eigenvalue weighted by Gasteiger charge is -2.29. The number of ether oxygens (including phenoxy) is 1. The molecule has 5 heteroatoms. The highest BCUT2D eigenvalue weighted by Crippen LogP contribution is 2.42. The fourth-order valence-corrected chi connectivity index (χ4v) is 3.53. The molecule has 27 heavy (non-hydrogen) atoms. The quantitative estimate of drug-likeness (QED) is 0.568. The molecule has 136 valence electrons. The Morgan fingerprint density at radius 1 is 0.926 bits per heavy atom. The third kappa shape index (κ3) is 3.69. The van der Waals surface area contributed by atoms with Crippen LogP contribution in [-0.2, 0) is 0 Å². The molecule has 0 saturated carbocycles. The van der Waals surface area contributed by atoms with E-state index < -0.39 is 0 Å². The molecule has 3 aromatic carbocycles. The highest BCUT2D eigenvalue weighted by Gasteiger charge is 2.28. The lowest BCUT2D eigenvalue weighted by Crippen LogP contribution is -2.40. The Kier molecular flexibility index (Phi) is 4.86. The summed E-state index contributed by atoms with van der Waals surface area (Å²) in [5.74, 6) is 1.53. The third-order valence-electron chi connectivity index (χ3n) is 4.67. The van der Waals surface area contributed by atoms with E-state index in [0.29, 0.717) is 0 Å². The molecule has 1 atom stereocenters. The summed E-state index contributed by atoms with van der Waals surface area (Å²) in [4.78, 5) is 12.7. The molecule has 1 heterocycles. The number of nitrogens with one attached hydrogen (secondary N) is 2. The van der Waals surface area contributed by atoms with Crippen LogP contribution in [0.3, 0.4) is 0 Å². The van der Waals surface area contributed by atoms with Crippen molar-refractivity contribution in [1.29, 1.82) is 0 Å². The highest BCUT2D eigenvalue weighted by molar-refractivity contribution is 9.10. The maximum absolute atomic E-state index is 12.7. The van der Waals surface area contributed by atoms with Gasteiger partial charge in [0, 0.05) is 15.6 Å². The lowest BCUT2D eigenvalue weighted by molar-refractivity contribution is 0.235. The van der Waals surface area contributed by atoms with Crippen LogP contribution in [0.5, 0.6) is 11.5 Å². The zero-order chi connectivity index (χ0) is 18.8. The van der Waals surface area contributed by atoms with Crippen LogP contribution >= 0.6 is 15.9 Å². The van der Waals surface area contributed by atoms with Gasteiger partial charge in [0.05, 0.1) is 12.1 Å². The molecule has 4 nitrogen and oxygen atoms in total. The molecule has 2 amide bonds. The van der Waals surface area contributed by atoms with Crippen molar-refractivity contribution in [3.8, 4) is 11.5 Å². The molecule has 4 rings (SSSR count). The van der Waals surface area contributed by atoms with Gasteiger partial charge in [-0.3, -0.25) is 0 Å². The smallest absolute Gasteiger partial charge is 0.316 e. The first-order valence-corrected chi connectivity index (χ1v) is 9.59. The summed E-state index contributed by atoms with van der Waals surface area (Å²) in [5.41, 5.74) is 2.94. The molecule has 0 saturated heterocycles. The number of hydrogen-bond donors (Lipinski definition) is 2. The number of carbonyl (C=O) groups excluding carboxylic acids is 1. The minimum Gasteiger partial charge on any atom is -0.457 e. The fourth-order valence-electron chi connectivity index (χ4n) is 3.27. The predicted molar refractivity (Wildman–Crippen MR) is 109 cm³/mol. The van der Waals surface area contributed by atoms with Gasteiger partial charge in [-0.1, -0.05) is 64.5 Å². The first-order chi connectivity index (χ1) is 13.1. The van der Waals surface area contributed by atoms with Crippen molar-refractivity contribution in [2.75, 3.05) is 0 Å². The van der Waals surface area contributed by atoms with Crippen LogP contribution < -0.4 is 15.4 Å². The van der Waals surface area contributed by atoms with Crippen LogP contribution in [-0.4, -0.2) is 6.03 Å².